The van der Waals surface area contributed by atoms with Crippen LogP contribution >= 0.6 is 34.9 Å². The fraction of sp³-hybridized carbons (Fsp3) is 0.294. The quantitative estimate of drug-likeness (QED) is 0.555. The Kier molecular flexibility index (Phi) is 6.40. The topological polar surface area (TPSA) is 97.1 Å². The van der Waals surface area contributed by atoms with E-state index in [4.69, 9.17) is 4.52 Å². The maximum atomic E-state index is 12.2. The van der Waals surface area contributed by atoms with Gasteiger partial charge in [-0.05, 0) is 38.3 Å². The number of aryl methyl sites for hydroxylation is 1. The van der Waals surface area contributed by atoms with Crippen molar-refractivity contribution in [2.24, 2.45) is 0 Å². The van der Waals surface area contributed by atoms with Gasteiger partial charge < -0.3 is 15.2 Å². The van der Waals surface area contributed by atoms with E-state index in [1.54, 1.807) is 43.0 Å². The standard InChI is InChI=1S/C17H18N4O3S3/c1-9-6-14(21-24-9)20-16(23)10(2)26-8-15(22)18-11-4-5-12-13(7-11)27-17(19-12)25-3/h4-7,10H,8H2,1-3H3,(H,18,22)(H,20,21,23)/t10-/m0/s1. The van der Waals surface area contributed by atoms with Gasteiger partial charge in [-0.3, -0.25) is 9.59 Å². The van der Waals surface area contributed by atoms with Crippen LogP contribution in [0.5, 0.6) is 0 Å². The van der Waals surface area contributed by atoms with Crippen LogP contribution in [0, 0.1) is 6.92 Å². The molecule has 0 aliphatic rings. The molecule has 0 saturated heterocycles. The first-order valence-electron chi connectivity index (χ1n) is 8.05. The number of nitrogens with one attached hydrogen (secondary N) is 2. The Balaban J connectivity index is 1.50. The summed E-state index contributed by atoms with van der Waals surface area (Å²) in [6.45, 7) is 3.49. The molecule has 3 rings (SSSR count). The predicted molar refractivity (Wildman–Crippen MR) is 112 cm³/mol. The van der Waals surface area contributed by atoms with E-state index in [2.05, 4.69) is 20.8 Å². The molecule has 142 valence electrons. The number of carbonyl (C=O) groups excluding carboxylic acids is 2. The monoisotopic (exact) mass is 422 g/mol. The van der Waals surface area contributed by atoms with E-state index in [-0.39, 0.29) is 17.6 Å². The third kappa shape index (κ3) is 5.24. The molecule has 27 heavy (non-hydrogen) atoms. The normalized spacial score (nSPS) is 12.1. The Bertz CT molecular complexity index is 969. The van der Waals surface area contributed by atoms with Gasteiger partial charge in [0.2, 0.25) is 11.8 Å². The number of hydrogen-bond acceptors (Lipinski definition) is 8. The molecule has 2 N–H and O–H groups in total. The Morgan fingerprint density at radius 3 is 2.81 bits per heavy atom. The number of hydrogen-bond donors (Lipinski definition) is 2. The molecule has 0 fully saturated rings. The lowest BCUT2D eigenvalue weighted by atomic mass is 10.3. The molecule has 2 aromatic heterocycles. The van der Waals surface area contributed by atoms with E-state index in [1.807, 2.05) is 24.5 Å². The highest BCUT2D eigenvalue weighted by molar-refractivity contribution is 8.01. The lowest BCUT2D eigenvalue weighted by Gasteiger charge is -2.10. The number of benzene rings is 1. The molecule has 0 saturated carbocycles. The Labute approximate surface area is 168 Å². The fourth-order valence-corrected chi connectivity index (χ4v) is 4.41. The van der Waals surface area contributed by atoms with Crippen molar-refractivity contribution < 1.29 is 14.1 Å². The lowest BCUT2D eigenvalue weighted by molar-refractivity contribution is -0.115. The highest BCUT2D eigenvalue weighted by Gasteiger charge is 2.17. The molecule has 1 aromatic carbocycles. The van der Waals surface area contributed by atoms with Gasteiger partial charge >= 0.3 is 0 Å². The zero-order valence-corrected chi connectivity index (χ0v) is 17.4. The largest absolute Gasteiger partial charge is 0.360 e. The molecule has 10 heteroatoms. The van der Waals surface area contributed by atoms with Crippen molar-refractivity contribution in [1.29, 1.82) is 0 Å². The highest BCUT2D eigenvalue weighted by Crippen LogP contribution is 2.30. The third-order valence-electron chi connectivity index (χ3n) is 3.54. The summed E-state index contributed by atoms with van der Waals surface area (Å²) >= 11 is 4.44. The van der Waals surface area contributed by atoms with Crippen LogP contribution in [0.4, 0.5) is 11.5 Å². The Morgan fingerprint density at radius 2 is 2.11 bits per heavy atom. The van der Waals surface area contributed by atoms with Gasteiger partial charge in [0.25, 0.3) is 0 Å². The first-order valence-corrected chi connectivity index (χ1v) is 11.1. The van der Waals surface area contributed by atoms with Gasteiger partial charge in [0.1, 0.15) is 5.76 Å². The number of thiazole rings is 1. The van der Waals surface area contributed by atoms with Crippen LogP contribution in [-0.2, 0) is 9.59 Å². The minimum atomic E-state index is -0.402. The van der Waals surface area contributed by atoms with Gasteiger partial charge in [-0.15, -0.1) is 23.1 Å². The van der Waals surface area contributed by atoms with E-state index in [9.17, 15) is 9.59 Å². The van der Waals surface area contributed by atoms with E-state index >= 15 is 0 Å². The van der Waals surface area contributed by atoms with Crippen LogP contribution in [0.3, 0.4) is 0 Å². The summed E-state index contributed by atoms with van der Waals surface area (Å²) < 4.78 is 6.93. The summed E-state index contributed by atoms with van der Waals surface area (Å²) in [4.78, 5) is 28.8. The number of nitrogens with zero attached hydrogens (tertiary/aromatic N) is 2. The number of thioether (sulfide) groups is 2. The average molecular weight is 423 g/mol. The second kappa shape index (κ2) is 8.77. The summed E-state index contributed by atoms with van der Waals surface area (Å²) in [6, 6.07) is 7.28. The van der Waals surface area contributed by atoms with E-state index in [0.717, 1.165) is 20.2 Å². The summed E-state index contributed by atoms with van der Waals surface area (Å²) in [5.74, 6) is 0.774. The summed E-state index contributed by atoms with van der Waals surface area (Å²) in [6.07, 6.45) is 1.98. The Hall–Kier alpha value is -2.04. The van der Waals surface area contributed by atoms with Crippen LogP contribution in [0.15, 0.2) is 33.1 Å². The molecule has 0 spiro atoms. The van der Waals surface area contributed by atoms with Gasteiger partial charge in [0.15, 0.2) is 10.2 Å². The SMILES string of the molecule is CSc1nc2ccc(NC(=O)CS[C@@H](C)C(=O)Nc3cc(C)on3)cc2s1. The molecule has 0 bridgehead atoms. The van der Waals surface area contributed by atoms with Crippen molar-refractivity contribution in [3.63, 3.8) is 0 Å². The molecule has 0 aliphatic heterocycles. The van der Waals surface area contributed by atoms with Gasteiger partial charge in [-0.1, -0.05) is 16.9 Å². The first-order chi connectivity index (χ1) is 12.9. The van der Waals surface area contributed by atoms with Crippen LogP contribution in [0.25, 0.3) is 10.2 Å². The highest BCUT2D eigenvalue weighted by atomic mass is 32.2. The molecule has 2 heterocycles. The molecule has 1 atom stereocenters. The zero-order chi connectivity index (χ0) is 19.4. The van der Waals surface area contributed by atoms with Crippen molar-refractivity contribution in [2.75, 3.05) is 22.6 Å². The van der Waals surface area contributed by atoms with Gasteiger partial charge in [0, 0.05) is 11.8 Å². The molecule has 0 radical (unpaired) electrons. The average Bonchev–Trinajstić information content (AvgIpc) is 3.24. The van der Waals surface area contributed by atoms with Crippen molar-refractivity contribution in [3.8, 4) is 0 Å². The molecule has 0 aliphatic carbocycles. The molecule has 2 amide bonds. The van der Waals surface area contributed by atoms with Crippen molar-refractivity contribution >= 4 is 68.4 Å². The number of rotatable bonds is 7. The van der Waals surface area contributed by atoms with Crippen LogP contribution in [0.1, 0.15) is 12.7 Å². The van der Waals surface area contributed by atoms with Crippen molar-refractivity contribution in [2.45, 2.75) is 23.4 Å². The maximum Gasteiger partial charge on any atom is 0.238 e. The van der Waals surface area contributed by atoms with E-state index < -0.39 is 5.25 Å². The second-order valence-corrected chi connectivity index (χ2v) is 9.09. The van der Waals surface area contributed by atoms with Crippen molar-refractivity contribution in [3.05, 3.63) is 30.0 Å². The van der Waals surface area contributed by atoms with Crippen LogP contribution < -0.4 is 10.6 Å². The number of anilines is 2. The molecule has 0 unspecified atom stereocenters. The molecule has 3 aromatic rings. The third-order valence-corrected chi connectivity index (χ3v) is 6.69. The Morgan fingerprint density at radius 1 is 1.30 bits per heavy atom. The fourth-order valence-electron chi connectivity index (χ4n) is 2.20. The van der Waals surface area contributed by atoms with Crippen molar-refractivity contribution in [1.82, 2.24) is 10.1 Å². The van der Waals surface area contributed by atoms with Crippen LogP contribution in [0.2, 0.25) is 0 Å². The number of carbonyl (C=O) groups is 2. The minimum absolute atomic E-state index is 0.161. The maximum absolute atomic E-state index is 12.2. The van der Waals surface area contributed by atoms with Gasteiger partial charge in [-0.25, -0.2) is 4.98 Å². The lowest BCUT2D eigenvalue weighted by Crippen LogP contribution is -2.25. The summed E-state index contributed by atoms with van der Waals surface area (Å²) in [7, 11) is 0. The van der Waals surface area contributed by atoms with Crippen LogP contribution in [-0.4, -0.2) is 39.2 Å². The zero-order valence-electron chi connectivity index (χ0n) is 14.9. The van der Waals surface area contributed by atoms with Gasteiger partial charge in [0.05, 0.1) is 21.2 Å². The number of amides is 2. The number of fused-ring (bicyclic) bond motifs is 1. The smallest absolute Gasteiger partial charge is 0.238 e. The molecule has 7 nitrogen and oxygen atoms in total. The predicted octanol–water partition coefficient (Wildman–Crippen LogP) is 4.01. The molecular weight excluding hydrogens is 404 g/mol. The van der Waals surface area contributed by atoms with E-state index in [1.165, 1.54) is 11.8 Å². The summed E-state index contributed by atoms with van der Waals surface area (Å²) in [5.41, 5.74) is 1.64. The summed E-state index contributed by atoms with van der Waals surface area (Å²) in [5, 5.41) is 8.84. The second-order valence-electron chi connectivity index (χ2n) is 5.68. The first kappa shape index (κ1) is 19.7. The number of aromatic nitrogens is 2. The molecular formula is C17H18N4O3S3. The van der Waals surface area contributed by atoms with Gasteiger partial charge in [-0.2, -0.15) is 0 Å². The van der Waals surface area contributed by atoms with E-state index in [0.29, 0.717) is 11.6 Å². The minimum Gasteiger partial charge on any atom is -0.360 e.